The molecule has 4 rings (SSSR count). The standard InChI is InChI=1S/C26H33N5O2/c1-3-4-13-27-23-18-31(17-21(23)26(33)29-22-7-5-6-8-24(22)32)16-19-9-11-20(12-10-19)25-28-14-15-30(25)2/h4,9-15,17,22,24,32H,3,5-8,16,18H2,1-2H3,(H,29,33)/b13-4-,27-23+/t22-,24?/m0/s1. The molecular weight excluding hydrogens is 414 g/mol. The van der Waals surface area contributed by atoms with E-state index in [1.54, 1.807) is 12.4 Å². The molecule has 0 saturated heterocycles. The number of aromatic nitrogens is 2. The first kappa shape index (κ1) is 23.0. The van der Waals surface area contributed by atoms with Crippen molar-refractivity contribution in [1.29, 1.82) is 0 Å². The normalized spacial score (nSPS) is 22.2. The van der Waals surface area contributed by atoms with Crippen LogP contribution in [0.4, 0.5) is 0 Å². The average Bonchev–Trinajstić information content (AvgIpc) is 3.42. The number of allylic oxidation sites excluding steroid dienone is 1. The van der Waals surface area contributed by atoms with E-state index in [9.17, 15) is 9.90 Å². The van der Waals surface area contributed by atoms with Crippen molar-refractivity contribution in [2.45, 2.75) is 57.7 Å². The molecule has 1 aromatic heterocycles. The lowest BCUT2D eigenvalue weighted by Crippen LogP contribution is -2.46. The van der Waals surface area contributed by atoms with Gasteiger partial charge in [-0.15, -0.1) is 0 Å². The molecule has 1 aliphatic heterocycles. The molecule has 0 spiro atoms. The number of carbonyl (C=O) groups excluding carboxylic acids is 1. The van der Waals surface area contributed by atoms with Crippen molar-refractivity contribution in [2.75, 3.05) is 6.54 Å². The van der Waals surface area contributed by atoms with E-state index < -0.39 is 6.10 Å². The van der Waals surface area contributed by atoms with Crippen molar-refractivity contribution in [3.05, 3.63) is 66.3 Å². The first-order valence-corrected chi connectivity index (χ1v) is 11.8. The lowest BCUT2D eigenvalue weighted by atomic mass is 9.92. The van der Waals surface area contributed by atoms with E-state index in [1.165, 1.54) is 0 Å². The largest absolute Gasteiger partial charge is 0.391 e. The maximum atomic E-state index is 13.1. The number of nitrogens with one attached hydrogen (secondary N) is 1. The Hall–Kier alpha value is -3.19. The molecule has 7 heteroatoms. The van der Waals surface area contributed by atoms with Crippen LogP contribution in [-0.4, -0.2) is 49.9 Å². The van der Waals surface area contributed by atoms with Gasteiger partial charge < -0.3 is 19.9 Å². The van der Waals surface area contributed by atoms with Crippen LogP contribution in [0.2, 0.25) is 0 Å². The minimum Gasteiger partial charge on any atom is -0.391 e. The first-order chi connectivity index (χ1) is 16.0. The summed E-state index contributed by atoms with van der Waals surface area (Å²) in [6.07, 6.45) is 13.4. The van der Waals surface area contributed by atoms with E-state index in [0.29, 0.717) is 18.7 Å². The maximum absolute atomic E-state index is 13.1. The second-order valence-electron chi connectivity index (χ2n) is 8.81. The van der Waals surface area contributed by atoms with Gasteiger partial charge in [0.1, 0.15) is 5.82 Å². The van der Waals surface area contributed by atoms with Crippen LogP contribution >= 0.6 is 0 Å². The summed E-state index contributed by atoms with van der Waals surface area (Å²) in [6.45, 7) is 3.31. The fraction of sp³-hybridized carbons (Fsp3) is 0.423. The van der Waals surface area contributed by atoms with E-state index in [4.69, 9.17) is 0 Å². The summed E-state index contributed by atoms with van der Waals surface area (Å²) in [5.74, 6) is 0.779. The van der Waals surface area contributed by atoms with Crippen LogP contribution in [0.15, 0.2) is 65.7 Å². The monoisotopic (exact) mass is 447 g/mol. The van der Waals surface area contributed by atoms with Crippen LogP contribution < -0.4 is 5.32 Å². The minimum atomic E-state index is -0.474. The predicted molar refractivity (Wildman–Crippen MR) is 130 cm³/mol. The van der Waals surface area contributed by atoms with Gasteiger partial charge in [0.15, 0.2) is 0 Å². The van der Waals surface area contributed by atoms with Gasteiger partial charge in [0.05, 0.1) is 30.0 Å². The number of imidazole rings is 1. The Kier molecular flexibility index (Phi) is 7.40. The van der Waals surface area contributed by atoms with Gasteiger partial charge in [-0.3, -0.25) is 9.79 Å². The van der Waals surface area contributed by atoms with Crippen LogP contribution in [-0.2, 0) is 18.4 Å². The number of hydrogen-bond acceptors (Lipinski definition) is 5. The van der Waals surface area contributed by atoms with E-state index in [0.717, 1.165) is 54.8 Å². The molecule has 1 saturated carbocycles. The highest BCUT2D eigenvalue weighted by Crippen LogP contribution is 2.22. The number of rotatable bonds is 7. The molecule has 2 aromatic rings. The number of aryl methyl sites for hydroxylation is 1. The second kappa shape index (κ2) is 10.6. The molecule has 1 aromatic carbocycles. The Morgan fingerprint density at radius 2 is 2.06 bits per heavy atom. The molecule has 2 aliphatic rings. The third kappa shape index (κ3) is 5.60. The van der Waals surface area contributed by atoms with Gasteiger partial charge in [0.25, 0.3) is 5.91 Å². The number of nitrogens with zero attached hydrogens (tertiary/aromatic N) is 4. The second-order valence-corrected chi connectivity index (χ2v) is 8.81. The highest BCUT2D eigenvalue weighted by atomic mass is 16.3. The number of aliphatic imine (C=N–C) groups is 1. The van der Waals surface area contributed by atoms with E-state index in [2.05, 4.69) is 51.4 Å². The zero-order valence-electron chi connectivity index (χ0n) is 19.4. The summed E-state index contributed by atoms with van der Waals surface area (Å²) < 4.78 is 2.00. The summed E-state index contributed by atoms with van der Waals surface area (Å²) in [6, 6.07) is 8.17. The summed E-state index contributed by atoms with van der Waals surface area (Å²) in [5, 5.41) is 13.3. The van der Waals surface area contributed by atoms with Gasteiger partial charge in [-0.2, -0.15) is 0 Å². The molecule has 2 heterocycles. The quantitative estimate of drug-likeness (QED) is 0.680. The van der Waals surface area contributed by atoms with Crippen LogP contribution in [0.1, 0.15) is 44.6 Å². The van der Waals surface area contributed by atoms with Crippen LogP contribution in [0, 0.1) is 0 Å². The fourth-order valence-corrected chi connectivity index (χ4v) is 4.39. The zero-order chi connectivity index (χ0) is 23.2. The molecule has 33 heavy (non-hydrogen) atoms. The summed E-state index contributed by atoms with van der Waals surface area (Å²) in [7, 11) is 1.98. The topological polar surface area (TPSA) is 82.8 Å². The van der Waals surface area contributed by atoms with Gasteiger partial charge >= 0.3 is 0 Å². The minimum absolute atomic E-state index is 0.155. The van der Waals surface area contributed by atoms with Crippen molar-refractivity contribution >= 4 is 11.6 Å². The maximum Gasteiger partial charge on any atom is 0.254 e. The number of carbonyl (C=O) groups is 1. The van der Waals surface area contributed by atoms with Crippen molar-refractivity contribution in [1.82, 2.24) is 19.8 Å². The zero-order valence-corrected chi connectivity index (χ0v) is 19.4. The molecule has 2 N–H and O–H groups in total. The predicted octanol–water partition coefficient (Wildman–Crippen LogP) is 3.57. The Balaban J connectivity index is 1.48. The van der Waals surface area contributed by atoms with E-state index in [-0.39, 0.29) is 11.9 Å². The van der Waals surface area contributed by atoms with E-state index in [1.807, 2.05) is 30.1 Å². The van der Waals surface area contributed by atoms with Gasteiger partial charge in [-0.1, -0.05) is 50.1 Å². The van der Waals surface area contributed by atoms with Crippen molar-refractivity contribution in [3.63, 3.8) is 0 Å². The summed E-state index contributed by atoms with van der Waals surface area (Å²) in [5.41, 5.74) is 3.56. The molecule has 0 radical (unpaired) electrons. The molecule has 1 aliphatic carbocycles. The van der Waals surface area contributed by atoms with Crippen LogP contribution in [0.5, 0.6) is 0 Å². The molecule has 2 atom stereocenters. The van der Waals surface area contributed by atoms with Crippen LogP contribution in [0.25, 0.3) is 11.4 Å². The lowest BCUT2D eigenvalue weighted by Gasteiger charge is -2.28. The summed E-state index contributed by atoms with van der Waals surface area (Å²) >= 11 is 0. The van der Waals surface area contributed by atoms with Crippen molar-refractivity contribution in [3.8, 4) is 11.4 Å². The molecule has 1 unspecified atom stereocenters. The molecular formula is C26H33N5O2. The third-order valence-electron chi connectivity index (χ3n) is 6.26. The number of benzene rings is 1. The Morgan fingerprint density at radius 3 is 2.76 bits per heavy atom. The molecule has 174 valence electrons. The molecule has 1 amide bonds. The molecule has 0 bridgehead atoms. The molecule has 7 nitrogen and oxygen atoms in total. The lowest BCUT2D eigenvalue weighted by molar-refractivity contribution is -0.118. The number of amides is 1. The average molecular weight is 448 g/mol. The first-order valence-electron chi connectivity index (χ1n) is 11.8. The van der Waals surface area contributed by atoms with Crippen molar-refractivity contribution < 1.29 is 9.90 Å². The van der Waals surface area contributed by atoms with Gasteiger partial charge in [0, 0.05) is 43.9 Å². The van der Waals surface area contributed by atoms with Gasteiger partial charge in [-0.05, 0) is 24.8 Å². The Bertz CT molecular complexity index is 1050. The smallest absolute Gasteiger partial charge is 0.254 e. The number of hydrogen-bond donors (Lipinski definition) is 2. The summed E-state index contributed by atoms with van der Waals surface area (Å²) in [4.78, 5) is 24.2. The highest BCUT2D eigenvalue weighted by Gasteiger charge is 2.30. The highest BCUT2D eigenvalue weighted by molar-refractivity contribution is 6.23. The van der Waals surface area contributed by atoms with Gasteiger partial charge in [-0.25, -0.2) is 4.98 Å². The Morgan fingerprint density at radius 1 is 1.27 bits per heavy atom. The number of aliphatic hydroxyl groups excluding tert-OH is 1. The fourth-order valence-electron chi connectivity index (χ4n) is 4.39. The Labute approximate surface area is 195 Å². The SMILES string of the molecule is CC/C=C\N=C1/CN(Cc2ccc(-c3nccn3C)cc2)C=C1C(=O)N[C@H]1CCCCC1O. The van der Waals surface area contributed by atoms with E-state index >= 15 is 0 Å². The van der Waals surface area contributed by atoms with Crippen molar-refractivity contribution in [2.24, 2.45) is 12.0 Å². The van der Waals surface area contributed by atoms with Crippen LogP contribution in [0.3, 0.4) is 0 Å². The molecule has 1 fully saturated rings. The number of aliphatic hydroxyl groups is 1. The van der Waals surface area contributed by atoms with Gasteiger partial charge in [0.2, 0.25) is 0 Å². The third-order valence-corrected chi connectivity index (χ3v) is 6.26.